The summed E-state index contributed by atoms with van der Waals surface area (Å²) in [4.78, 5) is 24.5. The number of aliphatic hydroxyl groups excluding tert-OH is 2. The van der Waals surface area contributed by atoms with Gasteiger partial charge in [-0.25, -0.2) is 0 Å². The summed E-state index contributed by atoms with van der Waals surface area (Å²) in [6, 6.07) is -0.544. The Balaban J connectivity index is 3.42. The van der Waals surface area contributed by atoms with Crippen LogP contribution in [0.4, 0.5) is 0 Å². The summed E-state index contributed by atoms with van der Waals surface area (Å²) in [7, 11) is 0. The number of hydrogen-bond acceptors (Lipinski definition) is 5. The number of carbonyl (C=O) groups is 2. The number of ether oxygens (including phenoxy) is 1. The molecule has 0 spiro atoms. The normalized spacial score (nSPS) is 12.9. The van der Waals surface area contributed by atoms with E-state index < -0.39 is 12.1 Å². The van der Waals surface area contributed by atoms with E-state index in [-0.39, 0.29) is 18.5 Å². The van der Waals surface area contributed by atoms with Crippen molar-refractivity contribution in [1.82, 2.24) is 5.32 Å². The fourth-order valence-corrected chi connectivity index (χ4v) is 9.70. The lowest BCUT2D eigenvalue weighted by atomic mass is 10.0. The average Bonchev–Trinajstić information content (AvgIpc) is 3.38. The van der Waals surface area contributed by atoms with Gasteiger partial charge in [-0.15, -0.1) is 0 Å². The fourth-order valence-electron chi connectivity index (χ4n) is 9.70. The molecular weight excluding hydrogens is 887 g/mol. The van der Waals surface area contributed by atoms with E-state index >= 15 is 0 Å². The Labute approximate surface area is 448 Å². The van der Waals surface area contributed by atoms with Crippen molar-refractivity contribution >= 4 is 11.9 Å². The van der Waals surface area contributed by atoms with Crippen LogP contribution >= 0.6 is 0 Å². The van der Waals surface area contributed by atoms with Gasteiger partial charge in [-0.05, 0) is 89.9 Å². The summed E-state index contributed by atoms with van der Waals surface area (Å²) in [5.41, 5.74) is 0. The Morgan fingerprint density at radius 2 is 0.694 bits per heavy atom. The molecule has 1 amide bonds. The molecule has 422 valence electrons. The van der Waals surface area contributed by atoms with Crippen LogP contribution in [0.2, 0.25) is 0 Å². The quantitative estimate of drug-likeness (QED) is 0.0320. The van der Waals surface area contributed by atoms with Crippen LogP contribution in [0.1, 0.15) is 335 Å². The highest BCUT2D eigenvalue weighted by Gasteiger charge is 2.20. The smallest absolute Gasteiger partial charge is 0.305 e. The first-order valence-electron chi connectivity index (χ1n) is 31.9. The lowest BCUT2D eigenvalue weighted by Gasteiger charge is -2.22. The Kier molecular flexibility index (Phi) is 59.5. The molecule has 2 unspecified atom stereocenters. The molecule has 0 aromatic rings. The molecule has 0 saturated heterocycles. The van der Waals surface area contributed by atoms with Crippen LogP contribution in [-0.4, -0.2) is 47.4 Å². The molecule has 6 nitrogen and oxygen atoms in total. The minimum atomic E-state index is -0.666. The Hall–Kier alpha value is -2.18. The SMILES string of the molecule is CCCCC/C=C\C/C=C\CCCCCCCC(=O)OCCCCCCCCCCC/C=C\C/C=C\CCCCCCCCCCCCCC(=O)NC(CO)C(O)CCCCCCCCCCCCCCC. The minimum Gasteiger partial charge on any atom is -0.466 e. The van der Waals surface area contributed by atoms with Crippen LogP contribution in [0.5, 0.6) is 0 Å². The Morgan fingerprint density at radius 1 is 0.389 bits per heavy atom. The van der Waals surface area contributed by atoms with Crippen molar-refractivity contribution < 1.29 is 24.5 Å². The molecule has 3 N–H and O–H groups in total. The molecule has 0 fully saturated rings. The molecule has 0 aliphatic heterocycles. The molecular formula is C66H123NO5. The van der Waals surface area contributed by atoms with Crippen LogP contribution in [0.15, 0.2) is 48.6 Å². The van der Waals surface area contributed by atoms with E-state index in [1.165, 1.54) is 244 Å². The van der Waals surface area contributed by atoms with Crippen molar-refractivity contribution in [1.29, 1.82) is 0 Å². The summed E-state index contributed by atoms with van der Waals surface area (Å²) in [5, 5.41) is 23.3. The van der Waals surface area contributed by atoms with Crippen molar-refractivity contribution in [2.24, 2.45) is 0 Å². The summed E-state index contributed by atoms with van der Waals surface area (Å²) in [5.74, 6) is -0.0415. The molecule has 0 aliphatic rings. The third kappa shape index (κ3) is 57.1. The molecule has 0 radical (unpaired) electrons. The van der Waals surface area contributed by atoms with E-state index in [1.807, 2.05) is 0 Å². The first-order valence-corrected chi connectivity index (χ1v) is 31.9. The van der Waals surface area contributed by atoms with E-state index in [1.54, 1.807) is 0 Å². The van der Waals surface area contributed by atoms with E-state index in [9.17, 15) is 19.8 Å². The molecule has 2 atom stereocenters. The second-order valence-corrected chi connectivity index (χ2v) is 21.7. The summed E-state index contributed by atoms with van der Waals surface area (Å²) in [6.07, 6.45) is 78.4. The highest BCUT2D eigenvalue weighted by molar-refractivity contribution is 5.76. The first-order chi connectivity index (χ1) is 35.5. The second-order valence-electron chi connectivity index (χ2n) is 21.7. The van der Waals surface area contributed by atoms with Crippen LogP contribution < -0.4 is 5.32 Å². The highest BCUT2D eigenvalue weighted by atomic mass is 16.5. The lowest BCUT2D eigenvalue weighted by molar-refractivity contribution is -0.143. The lowest BCUT2D eigenvalue weighted by Crippen LogP contribution is -2.45. The largest absolute Gasteiger partial charge is 0.466 e. The van der Waals surface area contributed by atoms with Gasteiger partial charge in [-0.1, -0.05) is 281 Å². The van der Waals surface area contributed by atoms with Crippen molar-refractivity contribution in [2.75, 3.05) is 13.2 Å². The van der Waals surface area contributed by atoms with Gasteiger partial charge in [-0.3, -0.25) is 9.59 Å². The monoisotopic (exact) mass is 1010 g/mol. The molecule has 0 aromatic carbocycles. The number of unbranched alkanes of at least 4 members (excludes halogenated alkanes) is 40. The van der Waals surface area contributed by atoms with Gasteiger partial charge < -0.3 is 20.3 Å². The molecule has 6 heteroatoms. The van der Waals surface area contributed by atoms with Gasteiger partial charge in [0.15, 0.2) is 0 Å². The summed E-state index contributed by atoms with van der Waals surface area (Å²) >= 11 is 0. The molecule has 0 saturated carbocycles. The van der Waals surface area contributed by atoms with E-state index in [0.717, 1.165) is 57.8 Å². The zero-order valence-electron chi connectivity index (χ0n) is 48.2. The second kappa shape index (κ2) is 61.4. The summed E-state index contributed by atoms with van der Waals surface area (Å²) < 4.78 is 5.47. The van der Waals surface area contributed by atoms with Crippen LogP contribution in [-0.2, 0) is 14.3 Å². The maximum Gasteiger partial charge on any atom is 0.305 e. The highest BCUT2D eigenvalue weighted by Crippen LogP contribution is 2.17. The van der Waals surface area contributed by atoms with Gasteiger partial charge in [0.25, 0.3) is 0 Å². The topological polar surface area (TPSA) is 95.9 Å². The number of carbonyl (C=O) groups excluding carboxylic acids is 2. The standard InChI is InChI=1S/C66H123NO5/c1-3-5-7-9-11-13-15-17-31-36-40-44-48-52-56-60-66(71)72-61-57-53-49-45-41-37-33-30-28-26-24-22-20-18-19-21-23-25-27-29-32-35-39-43-47-51-55-59-65(70)67-63(62-68)64(69)58-54-50-46-42-38-34-16-14-12-10-8-6-4-2/h11,13,17-19,22,24,31,63-64,68-69H,3-10,12,14-16,20-21,23,25-30,32-62H2,1-2H3,(H,67,70)/b13-11-,19-18-,24-22-,31-17-. The average molecular weight is 1010 g/mol. The number of esters is 1. The zero-order valence-corrected chi connectivity index (χ0v) is 48.2. The van der Waals surface area contributed by atoms with Crippen LogP contribution in [0, 0.1) is 0 Å². The number of nitrogens with one attached hydrogen (secondary N) is 1. The van der Waals surface area contributed by atoms with Gasteiger partial charge in [0.05, 0.1) is 25.4 Å². The minimum absolute atomic E-state index is 0.00364. The zero-order chi connectivity index (χ0) is 52.2. The van der Waals surface area contributed by atoms with E-state index in [2.05, 4.69) is 67.8 Å². The molecule has 0 aromatic heterocycles. The molecule has 0 rings (SSSR count). The third-order valence-electron chi connectivity index (χ3n) is 14.6. The molecule has 0 heterocycles. The number of hydrogen-bond donors (Lipinski definition) is 3. The van der Waals surface area contributed by atoms with Crippen LogP contribution in [0.3, 0.4) is 0 Å². The van der Waals surface area contributed by atoms with E-state index in [0.29, 0.717) is 25.9 Å². The Bertz CT molecular complexity index is 1210. The molecule has 72 heavy (non-hydrogen) atoms. The van der Waals surface area contributed by atoms with Gasteiger partial charge >= 0.3 is 5.97 Å². The molecule has 0 bridgehead atoms. The number of aliphatic hydroxyl groups is 2. The van der Waals surface area contributed by atoms with Gasteiger partial charge in [0.1, 0.15) is 0 Å². The fraction of sp³-hybridized carbons (Fsp3) is 0.848. The predicted octanol–water partition coefficient (Wildman–Crippen LogP) is 20.1. The van der Waals surface area contributed by atoms with Gasteiger partial charge in [-0.2, -0.15) is 0 Å². The summed E-state index contributed by atoms with van der Waals surface area (Å²) in [6.45, 7) is 4.92. The molecule has 0 aliphatic carbocycles. The van der Waals surface area contributed by atoms with E-state index in [4.69, 9.17) is 4.74 Å². The van der Waals surface area contributed by atoms with Crippen molar-refractivity contribution in [2.45, 2.75) is 347 Å². The van der Waals surface area contributed by atoms with Crippen LogP contribution in [0.25, 0.3) is 0 Å². The van der Waals surface area contributed by atoms with Crippen molar-refractivity contribution in [3.05, 3.63) is 48.6 Å². The maximum absolute atomic E-state index is 12.5. The Morgan fingerprint density at radius 3 is 1.08 bits per heavy atom. The number of amides is 1. The predicted molar refractivity (Wildman–Crippen MR) is 315 cm³/mol. The maximum atomic E-state index is 12.5. The third-order valence-corrected chi connectivity index (χ3v) is 14.6. The van der Waals surface area contributed by atoms with Gasteiger partial charge in [0, 0.05) is 12.8 Å². The number of allylic oxidation sites excluding steroid dienone is 8. The first kappa shape index (κ1) is 69.8. The van der Waals surface area contributed by atoms with Crippen molar-refractivity contribution in [3.63, 3.8) is 0 Å². The number of rotatable bonds is 59. The van der Waals surface area contributed by atoms with Crippen molar-refractivity contribution in [3.8, 4) is 0 Å². The van der Waals surface area contributed by atoms with Gasteiger partial charge in [0.2, 0.25) is 5.91 Å².